The van der Waals surface area contributed by atoms with Gasteiger partial charge in [-0.3, -0.25) is 32.5 Å². The largest absolute Gasteiger partial charge is 0.472 e. The Balaban J connectivity index is 4.47. The average Bonchev–Trinajstić information content (AvgIpc) is 0.907. The van der Waals surface area contributed by atoms with Gasteiger partial charge in [-0.25, -0.2) is 9.13 Å². The van der Waals surface area contributed by atoms with Gasteiger partial charge in [-0.15, -0.1) is 0 Å². The number of aliphatic hydroxyl groups is 2. The lowest BCUT2D eigenvalue weighted by Gasteiger charge is -2.21. The van der Waals surface area contributed by atoms with Gasteiger partial charge in [-0.2, -0.15) is 0 Å². The van der Waals surface area contributed by atoms with E-state index in [1.54, 1.807) is 0 Å². The van der Waals surface area contributed by atoms with Crippen LogP contribution in [0.25, 0.3) is 0 Å². The molecule has 0 spiro atoms. The van der Waals surface area contributed by atoms with E-state index in [9.17, 15) is 43.5 Å². The van der Waals surface area contributed by atoms with Gasteiger partial charge < -0.3 is 34.2 Å². The number of ether oxygens (including phenoxy) is 3. The minimum absolute atomic E-state index is 0.0743. The Morgan fingerprint density at radius 1 is 0.248 bits per heavy atom. The molecule has 18 heteroatoms. The zero-order valence-corrected chi connectivity index (χ0v) is 76.1. The maximum atomic E-state index is 13.0. The molecular formula is C99H172O16P2. The topological polar surface area (TPSA) is 231 Å². The first-order valence-electron chi connectivity index (χ1n) is 47.1. The number of allylic oxidation sites excluding steroid dienone is 24. The Labute approximate surface area is 715 Å². The van der Waals surface area contributed by atoms with E-state index in [1.165, 1.54) is 205 Å². The molecule has 0 rings (SSSR count). The summed E-state index contributed by atoms with van der Waals surface area (Å²) in [6.45, 7) is 2.53. The first-order chi connectivity index (χ1) is 57.2. The number of aliphatic hydroxyl groups excluding tert-OH is 2. The minimum Gasteiger partial charge on any atom is -0.463 e. The molecule has 0 amide bonds. The number of phosphoric ester groups is 2. The van der Waals surface area contributed by atoms with E-state index in [-0.39, 0.29) is 19.3 Å². The number of hydrogen-bond acceptors (Lipinski definition) is 14. The van der Waals surface area contributed by atoms with Crippen LogP contribution in [0.3, 0.4) is 0 Å². The molecule has 0 aliphatic rings. The SMILES string of the molecule is CC/C=C\C/C=C\C/C=C\C/C=C\CCCCCCC(=O)OC(COC(=O)CCCCCCCCCCCCCCC/C=C\C/C=C\C/C=C\C/C=C\CCCCC)COP(=O)(O)OCC(O)COP(=O)(O)OCC(O)COC(=O)CCCCCCCCCCCCCCCCCCCCC/C=C\C/C=C\C/C=C\C/C=C\CCCCC. The first-order valence-corrected chi connectivity index (χ1v) is 50.1. The number of rotatable bonds is 89. The zero-order valence-electron chi connectivity index (χ0n) is 74.3. The van der Waals surface area contributed by atoms with E-state index < -0.39 is 91.5 Å². The van der Waals surface area contributed by atoms with Crippen molar-refractivity contribution in [2.45, 2.75) is 424 Å². The highest BCUT2D eigenvalue weighted by molar-refractivity contribution is 7.47. The summed E-state index contributed by atoms with van der Waals surface area (Å²) in [5.74, 6) is -1.59. The Morgan fingerprint density at radius 2 is 0.453 bits per heavy atom. The van der Waals surface area contributed by atoms with Crippen LogP contribution in [0, 0.1) is 0 Å². The van der Waals surface area contributed by atoms with Crippen LogP contribution in [0.5, 0.6) is 0 Å². The van der Waals surface area contributed by atoms with Gasteiger partial charge in [-0.1, -0.05) is 385 Å². The van der Waals surface area contributed by atoms with Crippen molar-refractivity contribution in [3.8, 4) is 0 Å². The normalized spacial score (nSPS) is 14.4. The van der Waals surface area contributed by atoms with Crippen molar-refractivity contribution < 1.29 is 75.8 Å². The van der Waals surface area contributed by atoms with Crippen molar-refractivity contribution >= 4 is 33.6 Å². The fraction of sp³-hybridized carbons (Fsp3) is 0.727. The third-order valence-corrected chi connectivity index (χ3v) is 21.9. The summed E-state index contributed by atoms with van der Waals surface area (Å²) < 4.78 is 61.4. The van der Waals surface area contributed by atoms with E-state index in [2.05, 4.69) is 167 Å². The second-order valence-corrected chi connectivity index (χ2v) is 34.3. The Hall–Kier alpha value is -4.57. The van der Waals surface area contributed by atoms with Gasteiger partial charge in [-0.05, 0) is 148 Å². The molecule has 0 fully saturated rings. The van der Waals surface area contributed by atoms with Crippen molar-refractivity contribution in [3.05, 3.63) is 146 Å². The van der Waals surface area contributed by atoms with Crippen molar-refractivity contribution in [2.75, 3.05) is 39.6 Å². The number of carbonyl (C=O) groups excluding carboxylic acids is 3. The Bertz CT molecular complexity index is 2710. The van der Waals surface area contributed by atoms with E-state index in [4.69, 9.17) is 32.3 Å². The van der Waals surface area contributed by atoms with Crippen LogP contribution in [0.2, 0.25) is 0 Å². The van der Waals surface area contributed by atoms with Crippen LogP contribution in [0.4, 0.5) is 0 Å². The summed E-state index contributed by atoms with van der Waals surface area (Å²) in [7, 11) is -9.81. The zero-order chi connectivity index (χ0) is 85.1. The van der Waals surface area contributed by atoms with Crippen molar-refractivity contribution in [1.29, 1.82) is 0 Å². The molecule has 0 aliphatic carbocycles. The molecule has 0 radical (unpaired) electrons. The van der Waals surface area contributed by atoms with Crippen LogP contribution < -0.4 is 0 Å². The van der Waals surface area contributed by atoms with E-state index in [1.807, 2.05) is 0 Å². The molecule has 5 atom stereocenters. The smallest absolute Gasteiger partial charge is 0.463 e. The molecule has 0 aromatic carbocycles. The van der Waals surface area contributed by atoms with E-state index >= 15 is 0 Å². The lowest BCUT2D eigenvalue weighted by atomic mass is 10.0. The van der Waals surface area contributed by atoms with Crippen molar-refractivity contribution in [3.63, 3.8) is 0 Å². The standard InChI is InChI=1S/C99H172O16P2/c1-4-7-10-13-16-19-22-25-28-31-33-35-37-39-41-43-44-45-46-47-48-50-52-53-55-57-59-62-64-67-70-73-76-79-82-85-97(102)109-88-94(100)89-111-116(105,106)112-90-95(101)91-113-117(107,108)114-93-96(115-99(104)87-84-81-78-75-72-69-66-61-30-27-24-21-18-15-12-9-6-3)92-110-98(103)86-83-80-77-74-71-68-65-63-60-58-56-54-51-49-42-40-38-36-34-32-29-26-23-20-17-14-11-8-5-2/h9,12,16-21,25-30,33-36,39-42,66,69,94-96,100-101H,4-8,10-11,13-15,22-24,31-32,37-38,43-65,67-68,70-93H2,1-3H3,(H,105,106)(H,107,108)/b12-9-,19-16-,20-17-,21-18-,28-25-,29-26-,30-27-,35-33-,36-34-,41-39-,42-40-,69-66-. The molecular weight excluding hydrogens is 1510 g/mol. The number of esters is 3. The highest BCUT2D eigenvalue weighted by atomic mass is 31.2. The third kappa shape index (κ3) is 92.0. The van der Waals surface area contributed by atoms with Crippen LogP contribution in [0.1, 0.15) is 406 Å². The molecule has 0 heterocycles. The number of phosphoric acid groups is 2. The maximum absolute atomic E-state index is 13.0. The van der Waals surface area contributed by atoms with Gasteiger partial charge in [0.15, 0.2) is 6.10 Å². The lowest BCUT2D eigenvalue weighted by Crippen LogP contribution is -2.30. The molecule has 4 N–H and O–H groups in total. The fourth-order valence-electron chi connectivity index (χ4n) is 12.9. The van der Waals surface area contributed by atoms with Crippen LogP contribution in [-0.2, 0) is 55.8 Å². The average molecular weight is 1680 g/mol. The second kappa shape index (κ2) is 90.7. The van der Waals surface area contributed by atoms with Gasteiger partial charge in [0, 0.05) is 19.3 Å². The molecule has 117 heavy (non-hydrogen) atoms. The summed E-state index contributed by atoms with van der Waals surface area (Å²) >= 11 is 0. The summed E-state index contributed by atoms with van der Waals surface area (Å²) in [6, 6.07) is 0. The number of hydrogen-bond donors (Lipinski definition) is 4. The molecule has 0 aromatic rings. The van der Waals surface area contributed by atoms with E-state index in [0.717, 1.165) is 141 Å². The van der Waals surface area contributed by atoms with Gasteiger partial charge in [0.1, 0.15) is 25.4 Å². The molecule has 0 saturated heterocycles. The summed E-state index contributed by atoms with van der Waals surface area (Å²) in [6.07, 6.45) is 115. The molecule has 0 aliphatic heterocycles. The van der Waals surface area contributed by atoms with Gasteiger partial charge in [0.05, 0.1) is 26.4 Å². The van der Waals surface area contributed by atoms with Crippen molar-refractivity contribution in [1.82, 2.24) is 0 Å². The summed E-state index contributed by atoms with van der Waals surface area (Å²) in [5, 5.41) is 20.7. The summed E-state index contributed by atoms with van der Waals surface area (Å²) in [5.41, 5.74) is 0. The fourth-order valence-corrected chi connectivity index (χ4v) is 14.5. The maximum Gasteiger partial charge on any atom is 0.472 e. The molecule has 674 valence electrons. The number of carbonyl (C=O) groups is 3. The van der Waals surface area contributed by atoms with Crippen LogP contribution in [0.15, 0.2) is 146 Å². The lowest BCUT2D eigenvalue weighted by molar-refractivity contribution is -0.161. The predicted octanol–water partition coefficient (Wildman–Crippen LogP) is 29.1. The minimum atomic E-state index is -4.95. The van der Waals surface area contributed by atoms with Gasteiger partial charge in [0.2, 0.25) is 0 Å². The molecule has 5 unspecified atom stereocenters. The van der Waals surface area contributed by atoms with Crippen LogP contribution >= 0.6 is 15.6 Å². The predicted molar refractivity (Wildman–Crippen MR) is 491 cm³/mol. The highest BCUT2D eigenvalue weighted by Gasteiger charge is 2.29. The van der Waals surface area contributed by atoms with Gasteiger partial charge in [0.25, 0.3) is 0 Å². The Morgan fingerprint density at radius 3 is 0.718 bits per heavy atom. The van der Waals surface area contributed by atoms with Gasteiger partial charge >= 0.3 is 33.6 Å². The summed E-state index contributed by atoms with van der Waals surface area (Å²) in [4.78, 5) is 58.9. The molecule has 16 nitrogen and oxygen atoms in total. The first kappa shape index (κ1) is 112. The third-order valence-electron chi connectivity index (χ3n) is 20.0. The van der Waals surface area contributed by atoms with Crippen molar-refractivity contribution in [2.24, 2.45) is 0 Å². The second-order valence-electron chi connectivity index (χ2n) is 31.4. The Kier molecular flexibility index (Phi) is 87.1. The van der Waals surface area contributed by atoms with E-state index in [0.29, 0.717) is 19.3 Å². The molecule has 0 saturated carbocycles. The monoisotopic (exact) mass is 1680 g/mol. The number of unbranched alkanes of at least 4 members (excludes halogenated alkanes) is 42. The highest BCUT2D eigenvalue weighted by Crippen LogP contribution is 2.45. The molecule has 0 aromatic heterocycles. The molecule has 0 bridgehead atoms. The van der Waals surface area contributed by atoms with Crippen LogP contribution in [-0.4, -0.2) is 95.9 Å². The quantitative estimate of drug-likeness (QED) is 0.0146.